The van der Waals surface area contributed by atoms with Crippen LogP contribution in [0.15, 0.2) is 0 Å². The van der Waals surface area contributed by atoms with Crippen molar-refractivity contribution in [2.75, 3.05) is 26.4 Å². The van der Waals surface area contributed by atoms with E-state index in [1.165, 1.54) is 25.7 Å². The van der Waals surface area contributed by atoms with E-state index in [1.807, 2.05) is 6.92 Å². The fraction of sp³-hybridized carbons (Fsp3) is 1.00. The Morgan fingerprint density at radius 1 is 0.700 bits per heavy atom. The topological polar surface area (TPSA) is 47.6 Å². The minimum absolute atomic E-state index is 0.423. The van der Waals surface area contributed by atoms with Crippen LogP contribution < -0.4 is 0 Å². The smallest absolute Gasteiger partial charge is 0.311 e. The lowest BCUT2D eigenvalue weighted by Gasteiger charge is -2.30. The predicted octanol–water partition coefficient (Wildman–Crippen LogP) is 4.30. The minimum Gasteiger partial charge on any atom is -0.326 e. The molecule has 0 aliphatic heterocycles. The lowest BCUT2D eigenvalue weighted by atomic mass is 10.2. The Hall–Kier alpha value is -0.160. The van der Waals surface area contributed by atoms with Gasteiger partial charge >= 0.3 is 5.97 Å². The van der Waals surface area contributed by atoms with Gasteiger partial charge in [-0.3, -0.25) is 0 Å². The second kappa shape index (κ2) is 13.8. The zero-order chi connectivity index (χ0) is 15.1. The van der Waals surface area contributed by atoms with Crippen molar-refractivity contribution in [3.05, 3.63) is 0 Å². The average Bonchev–Trinajstić information content (AvgIpc) is 2.46. The van der Waals surface area contributed by atoms with Gasteiger partial charge in [-0.05, 0) is 19.8 Å². The number of rotatable bonds is 15. The molecule has 0 rings (SSSR count). The zero-order valence-corrected chi connectivity index (χ0v) is 13.6. The fourth-order valence-corrected chi connectivity index (χ4v) is 1.98. The number of ether oxygens (including phenoxy) is 3. The van der Waals surface area contributed by atoms with Gasteiger partial charge in [0.05, 0.1) is 13.2 Å². The normalized spacial score (nSPS) is 12.0. The van der Waals surface area contributed by atoms with E-state index in [-0.39, 0.29) is 0 Å². The predicted molar refractivity (Wildman–Crippen MR) is 80.1 cm³/mol. The Bertz CT molecular complexity index is 183. The monoisotopic (exact) mass is 289 g/mol. The maximum atomic E-state index is 11.4. The summed E-state index contributed by atoms with van der Waals surface area (Å²) in [5.74, 6) is -1.37. The summed E-state index contributed by atoms with van der Waals surface area (Å²) in [6.45, 7) is 7.15. The molecule has 0 saturated heterocycles. The van der Waals surface area contributed by atoms with Crippen LogP contribution in [0.25, 0.3) is 0 Å². The van der Waals surface area contributed by atoms with Crippen LogP contribution in [0.4, 0.5) is 0 Å². The van der Waals surface area contributed by atoms with Crippen molar-refractivity contribution in [3.8, 4) is 0 Å². The van der Waals surface area contributed by atoms with E-state index < -0.39 is 12.6 Å². The lowest BCUT2D eigenvalue weighted by molar-refractivity contribution is -0.395. The molecule has 0 amide bonds. The standard InChI is InChI=1S/C16H33O4/c1-4-7-9-11-13-19-16(15-17,18-6-3)20-14-12-10-8-5-2/h4-15H2,1-3H3. The molecule has 0 unspecified atom stereocenters. The van der Waals surface area contributed by atoms with E-state index in [2.05, 4.69) is 13.8 Å². The summed E-state index contributed by atoms with van der Waals surface area (Å²) in [6.07, 6.45) is 8.89. The first-order chi connectivity index (χ1) is 9.74. The molecule has 1 radical (unpaired) electrons. The molecule has 121 valence electrons. The van der Waals surface area contributed by atoms with E-state index in [9.17, 15) is 5.11 Å². The summed E-state index contributed by atoms with van der Waals surface area (Å²) in [5.41, 5.74) is 0. The van der Waals surface area contributed by atoms with Gasteiger partial charge in [0.15, 0.2) is 6.61 Å². The van der Waals surface area contributed by atoms with Gasteiger partial charge in [-0.1, -0.05) is 52.4 Å². The van der Waals surface area contributed by atoms with Crippen molar-refractivity contribution in [2.24, 2.45) is 0 Å². The SMILES string of the molecule is CCCCCCOC(C[O])(OCC)OCCCCCC. The summed E-state index contributed by atoms with van der Waals surface area (Å²) in [4.78, 5) is 0. The molecule has 0 aliphatic carbocycles. The second-order valence-electron chi connectivity index (χ2n) is 5.08. The van der Waals surface area contributed by atoms with Gasteiger partial charge in [0.1, 0.15) is 0 Å². The highest BCUT2D eigenvalue weighted by molar-refractivity contribution is 4.56. The number of hydrogen-bond acceptors (Lipinski definition) is 3. The van der Waals surface area contributed by atoms with E-state index >= 15 is 0 Å². The first-order valence-electron chi connectivity index (χ1n) is 8.24. The van der Waals surface area contributed by atoms with E-state index in [0.717, 1.165) is 25.7 Å². The van der Waals surface area contributed by atoms with Gasteiger partial charge in [-0.2, -0.15) is 0 Å². The molecule has 0 aromatic rings. The molecule has 20 heavy (non-hydrogen) atoms. The highest BCUT2D eigenvalue weighted by atomic mass is 16.9. The molecule has 0 aromatic heterocycles. The Labute approximate surface area is 124 Å². The van der Waals surface area contributed by atoms with Gasteiger partial charge < -0.3 is 14.2 Å². The van der Waals surface area contributed by atoms with E-state index in [0.29, 0.717) is 19.8 Å². The van der Waals surface area contributed by atoms with Crippen molar-refractivity contribution >= 4 is 0 Å². The quantitative estimate of drug-likeness (QED) is 0.333. The highest BCUT2D eigenvalue weighted by Crippen LogP contribution is 2.17. The molecule has 0 atom stereocenters. The summed E-state index contributed by atoms with van der Waals surface area (Å²) >= 11 is 0. The largest absolute Gasteiger partial charge is 0.326 e. The summed E-state index contributed by atoms with van der Waals surface area (Å²) in [7, 11) is 0. The van der Waals surface area contributed by atoms with E-state index in [4.69, 9.17) is 14.2 Å². The van der Waals surface area contributed by atoms with Gasteiger partial charge in [-0.25, -0.2) is 5.11 Å². The minimum atomic E-state index is -1.37. The average molecular weight is 289 g/mol. The molecule has 4 heteroatoms. The molecule has 0 fully saturated rings. The fourth-order valence-electron chi connectivity index (χ4n) is 1.98. The van der Waals surface area contributed by atoms with Gasteiger partial charge in [0.25, 0.3) is 0 Å². The van der Waals surface area contributed by atoms with E-state index in [1.54, 1.807) is 0 Å². The highest BCUT2D eigenvalue weighted by Gasteiger charge is 2.33. The maximum Gasteiger partial charge on any atom is 0.311 e. The van der Waals surface area contributed by atoms with Gasteiger partial charge in [0.2, 0.25) is 0 Å². The molecular weight excluding hydrogens is 256 g/mol. The Balaban J connectivity index is 4.00. The molecule has 4 nitrogen and oxygen atoms in total. The summed E-state index contributed by atoms with van der Waals surface area (Å²) in [5, 5.41) is 11.4. The number of hydrogen-bond donors (Lipinski definition) is 0. The zero-order valence-electron chi connectivity index (χ0n) is 13.6. The molecule has 0 aliphatic rings. The van der Waals surface area contributed by atoms with Crippen LogP contribution in [0.5, 0.6) is 0 Å². The third kappa shape index (κ3) is 9.70. The van der Waals surface area contributed by atoms with Crippen LogP contribution >= 0.6 is 0 Å². The third-order valence-corrected chi connectivity index (χ3v) is 3.18. The van der Waals surface area contributed by atoms with Crippen molar-refractivity contribution in [2.45, 2.75) is 78.1 Å². The lowest BCUT2D eigenvalue weighted by Crippen LogP contribution is -2.43. The molecule has 0 heterocycles. The summed E-state index contributed by atoms with van der Waals surface area (Å²) in [6, 6.07) is 0. The maximum absolute atomic E-state index is 11.4. The van der Waals surface area contributed by atoms with Gasteiger partial charge in [0, 0.05) is 6.61 Å². The van der Waals surface area contributed by atoms with Crippen LogP contribution in [0, 0.1) is 0 Å². The molecule has 0 spiro atoms. The molecule has 0 saturated carbocycles. The van der Waals surface area contributed by atoms with Crippen LogP contribution in [0.1, 0.15) is 72.1 Å². The molecule has 0 bridgehead atoms. The van der Waals surface area contributed by atoms with Crippen molar-refractivity contribution < 1.29 is 19.3 Å². The molecular formula is C16H33O4. The first kappa shape index (κ1) is 19.8. The number of unbranched alkanes of at least 4 members (excludes halogenated alkanes) is 6. The van der Waals surface area contributed by atoms with Crippen LogP contribution in [-0.2, 0) is 19.3 Å². The van der Waals surface area contributed by atoms with Crippen LogP contribution in [0.3, 0.4) is 0 Å². The second-order valence-corrected chi connectivity index (χ2v) is 5.08. The molecule has 0 aromatic carbocycles. The van der Waals surface area contributed by atoms with Gasteiger partial charge in [-0.15, -0.1) is 0 Å². The Morgan fingerprint density at radius 2 is 1.20 bits per heavy atom. The Kier molecular flexibility index (Phi) is 13.7. The first-order valence-corrected chi connectivity index (χ1v) is 8.24. The third-order valence-electron chi connectivity index (χ3n) is 3.18. The molecule has 0 N–H and O–H groups in total. The summed E-state index contributed by atoms with van der Waals surface area (Å²) < 4.78 is 16.7. The van der Waals surface area contributed by atoms with Crippen LogP contribution in [0.2, 0.25) is 0 Å². The Morgan fingerprint density at radius 3 is 1.55 bits per heavy atom. The van der Waals surface area contributed by atoms with Crippen molar-refractivity contribution in [1.29, 1.82) is 0 Å². The van der Waals surface area contributed by atoms with Crippen LogP contribution in [-0.4, -0.2) is 32.4 Å². The van der Waals surface area contributed by atoms with Crippen molar-refractivity contribution in [3.63, 3.8) is 0 Å². The van der Waals surface area contributed by atoms with Crippen molar-refractivity contribution in [1.82, 2.24) is 0 Å².